The van der Waals surface area contributed by atoms with Crippen LogP contribution in [0.4, 0.5) is 0 Å². The molecule has 1 unspecified atom stereocenters. The van der Waals surface area contributed by atoms with Gasteiger partial charge in [-0.05, 0) is 25.2 Å². The largest absolute Gasteiger partial charge is 0.370 e. The number of aromatic nitrogens is 2. The first-order chi connectivity index (χ1) is 8.41. The van der Waals surface area contributed by atoms with Gasteiger partial charge in [0.1, 0.15) is 11.9 Å². The molecule has 2 rings (SSSR count). The van der Waals surface area contributed by atoms with Crippen molar-refractivity contribution in [1.82, 2.24) is 9.97 Å². The molecule has 4 heteroatoms. The molecule has 1 N–H and O–H groups in total. The predicted octanol–water partition coefficient (Wildman–Crippen LogP) is 2.77. The molecule has 1 aliphatic carbocycles. The summed E-state index contributed by atoms with van der Waals surface area (Å²) >= 11 is 0. The fourth-order valence-electron chi connectivity index (χ4n) is 2.11. The lowest BCUT2D eigenvalue weighted by Gasteiger charge is -2.29. The highest BCUT2D eigenvalue weighted by atomic mass is 16.5. The standard InChI is InChI=1S/C14H22N2O2/c1-5-18-12(14(2,3)4)13-15-10(9-6-7-9)8-11(17)16-13/h8-9,12H,5-7H2,1-4H3,(H,15,16,17). The Morgan fingerprint density at radius 2 is 2.17 bits per heavy atom. The molecule has 100 valence electrons. The number of hydrogen-bond donors (Lipinski definition) is 1. The number of rotatable bonds is 4. The second-order valence-electron chi connectivity index (χ2n) is 6.03. The van der Waals surface area contributed by atoms with Gasteiger partial charge in [0.2, 0.25) is 0 Å². The molecule has 0 saturated heterocycles. The van der Waals surface area contributed by atoms with Crippen molar-refractivity contribution in [3.63, 3.8) is 0 Å². The van der Waals surface area contributed by atoms with E-state index in [2.05, 4.69) is 30.7 Å². The van der Waals surface area contributed by atoms with E-state index in [1.54, 1.807) is 6.07 Å². The Hall–Kier alpha value is -1.16. The summed E-state index contributed by atoms with van der Waals surface area (Å²) in [4.78, 5) is 19.2. The molecule has 1 saturated carbocycles. The number of nitrogens with one attached hydrogen (secondary N) is 1. The minimum absolute atomic E-state index is 0.0733. The minimum atomic E-state index is -0.172. The zero-order chi connectivity index (χ0) is 13.3. The van der Waals surface area contributed by atoms with E-state index in [0.717, 1.165) is 18.5 Å². The Bertz CT molecular complexity index is 469. The molecule has 0 spiro atoms. The van der Waals surface area contributed by atoms with Crippen molar-refractivity contribution >= 4 is 0 Å². The van der Waals surface area contributed by atoms with Gasteiger partial charge in [-0.25, -0.2) is 4.98 Å². The van der Waals surface area contributed by atoms with Crippen molar-refractivity contribution in [2.24, 2.45) is 5.41 Å². The monoisotopic (exact) mass is 250 g/mol. The van der Waals surface area contributed by atoms with Gasteiger partial charge >= 0.3 is 0 Å². The van der Waals surface area contributed by atoms with Crippen LogP contribution in [0, 0.1) is 5.41 Å². The predicted molar refractivity (Wildman–Crippen MR) is 70.7 cm³/mol. The van der Waals surface area contributed by atoms with Crippen LogP contribution in [0.1, 0.15) is 64.1 Å². The summed E-state index contributed by atoms with van der Waals surface area (Å²) in [6.07, 6.45) is 2.11. The van der Waals surface area contributed by atoms with E-state index in [9.17, 15) is 4.79 Å². The second kappa shape index (κ2) is 4.84. The molecule has 1 aromatic heterocycles. The molecule has 1 atom stereocenters. The number of aromatic amines is 1. The van der Waals surface area contributed by atoms with Gasteiger partial charge in [-0.2, -0.15) is 0 Å². The van der Waals surface area contributed by atoms with Crippen LogP contribution in [-0.4, -0.2) is 16.6 Å². The lowest BCUT2D eigenvalue weighted by molar-refractivity contribution is -0.0194. The Morgan fingerprint density at radius 1 is 1.50 bits per heavy atom. The lowest BCUT2D eigenvalue weighted by atomic mass is 9.88. The topological polar surface area (TPSA) is 55.0 Å². The lowest BCUT2D eigenvalue weighted by Crippen LogP contribution is -2.26. The van der Waals surface area contributed by atoms with Gasteiger partial charge in [-0.3, -0.25) is 4.79 Å². The van der Waals surface area contributed by atoms with Gasteiger partial charge in [0.15, 0.2) is 0 Å². The van der Waals surface area contributed by atoms with Crippen molar-refractivity contribution in [3.05, 3.63) is 27.9 Å². The molecular formula is C14H22N2O2. The number of nitrogens with zero attached hydrogens (tertiary/aromatic N) is 1. The maximum Gasteiger partial charge on any atom is 0.251 e. The van der Waals surface area contributed by atoms with Crippen LogP contribution in [0.3, 0.4) is 0 Å². The van der Waals surface area contributed by atoms with Crippen LogP contribution in [0.15, 0.2) is 10.9 Å². The first kappa shape index (κ1) is 13.3. The van der Waals surface area contributed by atoms with Crippen LogP contribution >= 0.6 is 0 Å². The van der Waals surface area contributed by atoms with Crippen molar-refractivity contribution in [2.45, 2.75) is 52.6 Å². The number of ether oxygens (including phenoxy) is 1. The third-order valence-electron chi connectivity index (χ3n) is 3.14. The first-order valence-electron chi connectivity index (χ1n) is 6.64. The molecule has 0 bridgehead atoms. The fourth-order valence-corrected chi connectivity index (χ4v) is 2.11. The molecule has 1 aromatic rings. The highest BCUT2D eigenvalue weighted by molar-refractivity contribution is 5.15. The van der Waals surface area contributed by atoms with E-state index in [1.165, 1.54) is 0 Å². The fraction of sp³-hybridized carbons (Fsp3) is 0.714. The van der Waals surface area contributed by atoms with E-state index in [1.807, 2.05) is 6.92 Å². The van der Waals surface area contributed by atoms with Crippen molar-refractivity contribution < 1.29 is 4.74 Å². The van der Waals surface area contributed by atoms with Crippen LogP contribution < -0.4 is 5.56 Å². The van der Waals surface area contributed by atoms with Crippen LogP contribution in [0.25, 0.3) is 0 Å². The Balaban J connectivity index is 2.37. The molecule has 4 nitrogen and oxygen atoms in total. The van der Waals surface area contributed by atoms with Crippen molar-refractivity contribution in [2.75, 3.05) is 6.61 Å². The minimum Gasteiger partial charge on any atom is -0.370 e. The molecule has 0 amide bonds. The average Bonchev–Trinajstić information content (AvgIpc) is 3.06. The summed E-state index contributed by atoms with van der Waals surface area (Å²) in [5.41, 5.74) is 0.757. The van der Waals surface area contributed by atoms with Gasteiger partial charge in [0.25, 0.3) is 5.56 Å². The van der Waals surface area contributed by atoms with E-state index in [-0.39, 0.29) is 17.1 Å². The molecule has 1 heterocycles. The molecule has 0 radical (unpaired) electrons. The van der Waals surface area contributed by atoms with Gasteiger partial charge in [0, 0.05) is 18.6 Å². The molecule has 18 heavy (non-hydrogen) atoms. The highest BCUT2D eigenvalue weighted by Crippen LogP contribution is 2.40. The van der Waals surface area contributed by atoms with Gasteiger partial charge in [-0.15, -0.1) is 0 Å². The highest BCUT2D eigenvalue weighted by Gasteiger charge is 2.31. The zero-order valence-electron chi connectivity index (χ0n) is 11.6. The van der Waals surface area contributed by atoms with Crippen LogP contribution in [-0.2, 0) is 4.74 Å². The van der Waals surface area contributed by atoms with E-state index >= 15 is 0 Å². The third-order valence-corrected chi connectivity index (χ3v) is 3.14. The van der Waals surface area contributed by atoms with Crippen LogP contribution in [0.5, 0.6) is 0 Å². The second-order valence-corrected chi connectivity index (χ2v) is 6.03. The molecule has 1 aliphatic rings. The van der Waals surface area contributed by atoms with Crippen molar-refractivity contribution in [3.8, 4) is 0 Å². The zero-order valence-corrected chi connectivity index (χ0v) is 11.6. The molecular weight excluding hydrogens is 228 g/mol. The average molecular weight is 250 g/mol. The molecule has 0 aromatic carbocycles. The van der Waals surface area contributed by atoms with Gasteiger partial charge < -0.3 is 9.72 Å². The van der Waals surface area contributed by atoms with Gasteiger partial charge in [0.05, 0.1) is 5.69 Å². The van der Waals surface area contributed by atoms with E-state index in [0.29, 0.717) is 18.3 Å². The normalized spacial score (nSPS) is 17.8. The van der Waals surface area contributed by atoms with Gasteiger partial charge in [-0.1, -0.05) is 20.8 Å². The molecule has 1 fully saturated rings. The summed E-state index contributed by atoms with van der Waals surface area (Å²) in [5.74, 6) is 1.15. The Labute approximate surface area is 108 Å². The van der Waals surface area contributed by atoms with Crippen LogP contribution in [0.2, 0.25) is 0 Å². The maximum atomic E-state index is 11.7. The number of hydrogen-bond acceptors (Lipinski definition) is 3. The van der Waals surface area contributed by atoms with E-state index in [4.69, 9.17) is 4.74 Å². The van der Waals surface area contributed by atoms with Crippen molar-refractivity contribution in [1.29, 1.82) is 0 Å². The summed E-state index contributed by atoms with van der Waals surface area (Å²) in [6, 6.07) is 1.62. The summed E-state index contributed by atoms with van der Waals surface area (Å²) in [6.45, 7) is 8.85. The molecule has 0 aliphatic heterocycles. The third kappa shape index (κ3) is 2.99. The maximum absolute atomic E-state index is 11.7. The number of H-pyrrole nitrogens is 1. The summed E-state index contributed by atoms with van der Waals surface area (Å²) in [7, 11) is 0. The summed E-state index contributed by atoms with van der Waals surface area (Å²) in [5, 5.41) is 0. The SMILES string of the molecule is CCOC(c1nc(C2CC2)cc(=O)[nH]1)C(C)(C)C. The Kier molecular flexibility index (Phi) is 3.57. The first-order valence-corrected chi connectivity index (χ1v) is 6.64. The van der Waals surface area contributed by atoms with E-state index < -0.39 is 0 Å². The Morgan fingerprint density at radius 3 is 2.67 bits per heavy atom. The quantitative estimate of drug-likeness (QED) is 0.894. The summed E-state index contributed by atoms with van der Waals surface area (Å²) < 4.78 is 5.77. The smallest absolute Gasteiger partial charge is 0.251 e.